The number of carboxylic acid groups (broad SMARTS) is 1. The van der Waals surface area contributed by atoms with Gasteiger partial charge in [-0.15, -0.1) is 0 Å². The Morgan fingerprint density at radius 3 is 0.580 bits per heavy atom. The van der Waals surface area contributed by atoms with Gasteiger partial charge in [-0.1, -0.05) is 0 Å². The van der Waals surface area contributed by atoms with Crippen LogP contribution in [0.1, 0.15) is 0 Å². The fraction of sp³-hybridized carbons (Fsp3) is 0.977. The van der Waals surface area contributed by atoms with Crippen LogP contribution in [0.5, 0.6) is 0 Å². The lowest BCUT2D eigenvalue weighted by molar-refractivity contribution is -0.396. The zero-order chi connectivity index (χ0) is 59.0. The molecule has 0 saturated carbocycles. The van der Waals surface area contributed by atoms with Crippen LogP contribution in [0.2, 0.25) is 0 Å². The molecular weight excluding hydrogens is 1120 g/mol. The Morgan fingerprint density at radius 2 is 0.420 bits per heavy atom. The summed E-state index contributed by atoms with van der Waals surface area (Å²) in [6, 6.07) is 0. The molecule has 0 amide bonds. The Bertz CT molecular complexity index is 1960. The summed E-state index contributed by atoms with van der Waals surface area (Å²) in [6.07, 6.45) is -71.0. The number of carboxylic acids is 1. The van der Waals surface area contributed by atoms with Crippen LogP contribution in [-0.4, -0.2) is 381 Å². The maximum atomic E-state index is 11.6. The Kier molecular flexibility index (Phi) is 22.4. The number of nitrogens with one attached hydrogen (secondary N) is 1. The van der Waals surface area contributed by atoms with Gasteiger partial charge in [-0.3, -0.25) is 4.79 Å². The predicted octanol–water partition coefficient (Wildman–Crippen LogP) is -15.5. The molecule has 21 heterocycles. The van der Waals surface area contributed by atoms with E-state index in [2.05, 4.69) is 5.32 Å². The quantitative estimate of drug-likeness (QED) is 0.0966. The highest BCUT2D eigenvalue weighted by Crippen LogP contribution is 2.39. The molecule has 0 aromatic carbocycles. The van der Waals surface area contributed by atoms with E-state index < -0.39 is 274 Å². The van der Waals surface area contributed by atoms with E-state index in [9.17, 15) is 112 Å². The van der Waals surface area contributed by atoms with Gasteiger partial charge in [0.2, 0.25) is 0 Å². The van der Waals surface area contributed by atoms with Crippen LogP contribution in [0, 0.1) is 0 Å². The first-order chi connectivity index (χ1) is 38.5. The standard InChI is InChI=1S/C44H73NO36/c46-3-10-32-19(56)26(63)40(70-10)78-34-12(5-48)72-42(28(65)21(34)58)80-36-14(7-50)74-44(30(67)23(36)60)81-37-15(8-51)73-43(29(66)22(37)59)79-35-13(6-49)71-41(27(64)20(35)57)77-33-11(4-47)69-39(25(62)18(33)55)75-31-9(1-45-2-16(52)53)68-38(76-32)24(61)17(31)54/h9-15,17-51,54-67H,1-8H2,(H,52,53)/t9-,10-,11-,12-,13-,14-,15-,17+,18+,19+,20+,21+,22+,23+,24-,25-,26-,27-,28-,29-,30-,31?,32+,33+,34+,35+,36+,37+,38-,39-,40-,41-,42-,43-,44-/m1/s1. The highest BCUT2D eigenvalue weighted by atomic mass is 16.8. The highest BCUT2D eigenvalue weighted by molar-refractivity contribution is 5.69. The van der Waals surface area contributed by atoms with Gasteiger partial charge in [0.15, 0.2) is 44.0 Å². The van der Waals surface area contributed by atoms with E-state index in [0.717, 1.165) is 0 Å². The largest absolute Gasteiger partial charge is 0.480 e. The average molecular weight is 1190 g/mol. The van der Waals surface area contributed by atoms with Gasteiger partial charge >= 0.3 is 5.97 Å². The number of hydrogen-bond acceptors (Lipinski definition) is 36. The Labute approximate surface area is 456 Å². The first-order valence-electron chi connectivity index (χ1n) is 25.8. The SMILES string of the molecule is O=C(O)CNC[C@H]1O[C@@H]2O[C@@H]3[C@@H](O)[C@@H](O)[C@@H](O[C@@H]4[C@@H](O)[C@@H](O)[C@@H](O[C@@H]5[C@@H](O)[C@@H](O)[C@@H](O[C@@H]6[C@@H](O)[C@@H](O)[C@@H](O[C@@H]7[C@@H](O)[C@@H](O)[C@@H](O[C@@H]8[C@@H](O)[C@@H](O)[C@@H](OC1[C@@H](O)[C@H]2O)O[C@@H]8CO)O[C@@H]7CO)O[C@@H]6CO)O[C@@H]5CO)O[C@@H]4CO)O[C@@H]3CO. The van der Waals surface area contributed by atoms with Crippen molar-refractivity contribution in [1.82, 2.24) is 5.32 Å². The molecule has 0 aromatic heterocycles. The molecule has 37 heteroatoms. The third-order valence-corrected chi connectivity index (χ3v) is 15.2. The first kappa shape index (κ1) is 65.1. The second kappa shape index (κ2) is 27.8. The molecule has 21 rings (SSSR count). The molecule has 37 nitrogen and oxygen atoms in total. The average Bonchev–Trinajstić information content (AvgIpc) is 3.45. The zero-order valence-corrected chi connectivity index (χ0v) is 42.4. The summed E-state index contributed by atoms with van der Waals surface area (Å²) in [6.45, 7) is -7.72. The predicted molar refractivity (Wildman–Crippen MR) is 242 cm³/mol. The van der Waals surface area contributed by atoms with Crippen molar-refractivity contribution in [3.63, 3.8) is 0 Å². The molecule has 1 unspecified atom stereocenters. The van der Waals surface area contributed by atoms with Crippen molar-refractivity contribution in [3.8, 4) is 0 Å². The van der Waals surface area contributed by atoms with Crippen molar-refractivity contribution in [2.45, 2.75) is 215 Å². The van der Waals surface area contributed by atoms with Crippen molar-refractivity contribution in [1.29, 1.82) is 0 Å². The summed E-state index contributed by atoms with van der Waals surface area (Å²) in [7, 11) is 0. The lowest BCUT2D eigenvalue weighted by Crippen LogP contribution is -2.68. The van der Waals surface area contributed by atoms with E-state index in [1.54, 1.807) is 0 Å². The monoisotopic (exact) mass is 1190 g/mol. The Morgan fingerprint density at radius 1 is 0.259 bits per heavy atom. The zero-order valence-electron chi connectivity index (χ0n) is 42.4. The lowest BCUT2D eigenvalue weighted by Gasteiger charge is -2.50. The van der Waals surface area contributed by atoms with E-state index in [4.69, 9.17) is 66.3 Å². The van der Waals surface area contributed by atoms with E-state index in [0.29, 0.717) is 0 Å². The van der Waals surface area contributed by atoms with E-state index in [-0.39, 0.29) is 0 Å². The molecule has 21 fully saturated rings. The number of aliphatic carboxylic acids is 1. The van der Waals surface area contributed by atoms with E-state index in [1.165, 1.54) is 0 Å². The van der Waals surface area contributed by atoms with Crippen LogP contribution in [-0.2, 0) is 71.1 Å². The minimum atomic E-state index is -2.25. The third-order valence-electron chi connectivity index (χ3n) is 15.2. The molecule has 14 bridgehead atoms. The van der Waals surface area contributed by atoms with Gasteiger partial charge in [-0.25, -0.2) is 0 Å². The smallest absolute Gasteiger partial charge is 0.317 e. The number of hydrogen-bond donors (Lipinski definition) is 22. The summed E-state index contributed by atoms with van der Waals surface area (Å²) in [5.74, 6) is -1.39. The molecule has 81 heavy (non-hydrogen) atoms. The summed E-state index contributed by atoms with van der Waals surface area (Å²) in [4.78, 5) is 11.5. The second-order valence-corrected chi connectivity index (χ2v) is 20.5. The normalized spacial score (nSPS) is 53.2. The molecule has 22 N–H and O–H groups in total. The number of ether oxygens (including phenoxy) is 14. The number of rotatable bonds is 10. The van der Waals surface area contributed by atoms with Gasteiger partial charge in [0.25, 0.3) is 0 Å². The summed E-state index contributed by atoms with van der Waals surface area (Å²) < 4.78 is 80.1. The molecule has 0 aromatic rings. The molecule has 21 aliphatic rings. The number of carbonyl (C=O) groups is 1. The van der Waals surface area contributed by atoms with Crippen LogP contribution < -0.4 is 5.32 Å². The highest BCUT2D eigenvalue weighted by Gasteiger charge is 2.59. The van der Waals surface area contributed by atoms with Crippen LogP contribution in [0.4, 0.5) is 0 Å². The summed E-state index contributed by atoms with van der Waals surface area (Å²) in [5.41, 5.74) is 0. The summed E-state index contributed by atoms with van der Waals surface area (Å²) in [5, 5.41) is 233. The van der Waals surface area contributed by atoms with Gasteiger partial charge in [0.1, 0.15) is 171 Å². The maximum absolute atomic E-state index is 11.6. The fourth-order valence-corrected chi connectivity index (χ4v) is 10.8. The minimum absolute atomic E-state index is 0.582. The van der Waals surface area contributed by atoms with Crippen LogP contribution in [0.25, 0.3) is 0 Å². The Balaban J connectivity index is 1.09. The van der Waals surface area contributed by atoms with Gasteiger partial charge in [0.05, 0.1) is 46.2 Å². The Hall–Kier alpha value is -1.93. The van der Waals surface area contributed by atoms with Gasteiger partial charge in [-0.05, 0) is 0 Å². The first-order valence-corrected chi connectivity index (χ1v) is 25.8. The number of aliphatic hydroxyl groups excluding tert-OH is 20. The molecule has 0 spiro atoms. The molecule has 0 radical (unpaired) electrons. The number of aliphatic hydroxyl groups is 20. The van der Waals surface area contributed by atoms with E-state index >= 15 is 0 Å². The van der Waals surface area contributed by atoms with Crippen molar-refractivity contribution in [2.24, 2.45) is 0 Å². The molecular formula is C44H73NO36. The van der Waals surface area contributed by atoms with Crippen LogP contribution in [0.3, 0.4) is 0 Å². The molecule has 35 atom stereocenters. The van der Waals surface area contributed by atoms with Crippen LogP contribution in [0.15, 0.2) is 0 Å². The van der Waals surface area contributed by atoms with Crippen molar-refractivity contribution in [3.05, 3.63) is 0 Å². The topological polar surface area (TPSA) is 583 Å². The molecule has 21 saturated heterocycles. The fourth-order valence-electron chi connectivity index (χ4n) is 10.8. The van der Waals surface area contributed by atoms with Gasteiger partial charge < -0.3 is 179 Å². The van der Waals surface area contributed by atoms with E-state index in [1.807, 2.05) is 0 Å². The lowest BCUT2D eigenvalue weighted by atomic mass is 9.95. The molecule has 0 aliphatic carbocycles. The minimum Gasteiger partial charge on any atom is -0.480 e. The third kappa shape index (κ3) is 13.3. The van der Waals surface area contributed by atoms with Gasteiger partial charge in [-0.2, -0.15) is 0 Å². The maximum Gasteiger partial charge on any atom is 0.317 e. The van der Waals surface area contributed by atoms with Crippen molar-refractivity contribution in [2.75, 3.05) is 52.7 Å². The molecule has 21 aliphatic heterocycles. The second-order valence-electron chi connectivity index (χ2n) is 20.5. The van der Waals surface area contributed by atoms with Crippen LogP contribution >= 0.6 is 0 Å². The van der Waals surface area contributed by atoms with Crippen molar-refractivity contribution >= 4 is 5.97 Å². The van der Waals surface area contributed by atoms with Crippen molar-refractivity contribution < 1.29 is 178 Å². The molecule has 470 valence electrons. The summed E-state index contributed by atoms with van der Waals surface area (Å²) >= 11 is 0. The van der Waals surface area contributed by atoms with Gasteiger partial charge in [0, 0.05) is 6.54 Å².